The van der Waals surface area contributed by atoms with Gasteiger partial charge in [0.05, 0.1) is 22.5 Å². The molecule has 2 aromatic rings. The first kappa shape index (κ1) is 42.9. The molecule has 0 spiro atoms. The zero-order valence-electron chi connectivity index (χ0n) is 33.5. The molecule has 1 aromatic heterocycles. The quantitative estimate of drug-likeness (QED) is 0.181. The monoisotopic (exact) mass is 824 g/mol. The summed E-state index contributed by atoms with van der Waals surface area (Å²) in [6.45, 7) is 7.69. The molecule has 14 heteroatoms. The lowest BCUT2D eigenvalue weighted by atomic mass is 9.74. The second-order valence-corrected chi connectivity index (χ2v) is 19.7. The van der Waals surface area contributed by atoms with Gasteiger partial charge < -0.3 is 14.7 Å². The molecule has 4 aliphatic rings. The van der Waals surface area contributed by atoms with E-state index in [0.29, 0.717) is 35.8 Å². The zero-order chi connectivity index (χ0) is 41.1. The lowest BCUT2D eigenvalue weighted by Crippen LogP contribution is -2.48. The molecule has 0 bridgehead atoms. The summed E-state index contributed by atoms with van der Waals surface area (Å²) in [7, 11) is -3.84. The summed E-state index contributed by atoms with van der Waals surface area (Å²) in [5.41, 5.74) is -0.311. The number of aliphatic imine (C=N–C) groups is 1. The van der Waals surface area contributed by atoms with Gasteiger partial charge in [-0.1, -0.05) is 77.1 Å². The number of aliphatic hydroxyl groups excluding tert-OH is 1. The van der Waals surface area contributed by atoms with E-state index < -0.39 is 51.6 Å². The van der Waals surface area contributed by atoms with Crippen molar-refractivity contribution in [2.24, 2.45) is 34.1 Å². The molecular formula is C43H57ClN4O8S. The topological polar surface area (TPSA) is 172 Å². The normalized spacial score (nSPS) is 23.6. The minimum Gasteiger partial charge on any atom is -0.472 e. The Hall–Kier alpha value is -3.68. The molecule has 3 heterocycles. The van der Waals surface area contributed by atoms with Crippen molar-refractivity contribution in [1.29, 1.82) is 0 Å². The zero-order valence-corrected chi connectivity index (χ0v) is 35.1. The van der Waals surface area contributed by atoms with Gasteiger partial charge in [0.25, 0.3) is 10.0 Å². The minimum atomic E-state index is -3.84. The van der Waals surface area contributed by atoms with E-state index in [0.717, 1.165) is 44.9 Å². The maximum atomic E-state index is 15.0. The number of nitrogens with one attached hydrogen (secondary N) is 1. The number of hydrogen-bond donors (Lipinski definition) is 2. The van der Waals surface area contributed by atoms with E-state index in [4.69, 9.17) is 21.3 Å². The molecule has 310 valence electrons. The van der Waals surface area contributed by atoms with Crippen molar-refractivity contribution in [3.8, 4) is 5.88 Å². The maximum absolute atomic E-state index is 15.0. The van der Waals surface area contributed by atoms with Gasteiger partial charge in [0.1, 0.15) is 24.1 Å². The summed E-state index contributed by atoms with van der Waals surface area (Å²) < 4.78 is 34.7. The van der Waals surface area contributed by atoms with Crippen molar-refractivity contribution >= 4 is 50.7 Å². The molecule has 1 saturated heterocycles. The molecule has 3 fully saturated rings. The molecule has 2 aliphatic heterocycles. The highest BCUT2D eigenvalue weighted by Crippen LogP contribution is 2.38. The van der Waals surface area contributed by atoms with Crippen LogP contribution in [-0.2, 0) is 29.2 Å². The Morgan fingerprint density at radius 1 is 1.02 bits per heavy atom. The molecule has 6 atom stereocenters. The van der Waals surface area contributed by atoms with Crippen LogP contribution in [0.25, 0.3) is 0 Å². The minimum absolute atomic E-state index is 0.0643. The van der Waals surface area contributed by atoms with Crippen molar-refractivity contribution in [3.63, 3.8) is 0 Å². The van der Waals surface area contributed by atoms with Crippen LogP contribution in [0.3, 0.4) is 0 Å². The second-order valence-electron chi connectivity index (χ2n) is 17.6. The third kappa shape index (κ3) is 10.5. The summed E-state index contributed by atoms with van der Waals surface area (Å²) in [5, 5.41) is 11.6. The fraction of sp³-hybridized carbons (Fsp3) is 0.628. The summed E-state index contributed by atoms with van der Waals surface area (Å²) in [6.07, 6.45) is 7.29. The molecule has 1 amide bonds. The van der Waals surface area contributed by atoms with Gasteiger partial charge in [0.15, 0.2) is 17.3 Å². The summed E-state index contributed by atoms with van der Waals surface area (Å²) in [6, 6.07) is 8.02. The average Bonchev–Trinajstić information content (AvgIpc) is 3.83. The summed E-state index contributed by atoms with van der Waals surface area (Å²) in [5.74, 6) is -1.99. The highest BCUT2D eigenvalue weighted by molar-refractivity contribution is 7.90. The van der Waals surface area contributed by atoms with E-state index in [1.54, 1.807) is 30.3 Å². The van der Waals surface area contributed by atoms with Gasteiger partial charge in [0, 0.05) is 49.4 Å². The molecule has 12 nitrogen and oxygen atoms in total. The molecule has 2 saturated carbocycles. The number of nitrogens with zero attached hydrogens (tertiary/aromatic N) is 3. The third-order valence-electron chi connectivity index (χ3n) is 12.1. The largest absolute Gasteiger partial charge is 0.472 e. The van der Waals surface area contributed by atoms with E-state index in [9.17, 15) is 32.7 Å². The maximum Gasteiger partial charge on any atom is 0.263 e. The van der Waals surface area contributed by atoms with Crippen LogP contribution in [0, 0.1) is 29.1 Å². The van der Waals surface area contributed by atoms with E-state index in [-0.39, 0.29) is 71.6 Å². The number of benzene rings is 1. The van der Waals surface area contributed by atoms with Crippen LogP contribution >= 0.6 is 11.6 Å². The fourth-order valence-corrected chi connectivity index (χ4v) is 10.1. The van der Waals surface area contributed by atoms with Crippen LogP contribution < -0.4 is 9.46 Å². The second kappa shape index (κ2) is 18.1. The number of ketones is 3. The molecule has 57 heavy (non-hydrogen) atoms. The highest BCUT2D eigenvalue weighted by Gasteiger charge is 2.47. The van der Waals surface area contributed by atoms with Crippen molar-refractivity contribution < 1.29 is 37.4 Å². The van der Waals surface area contributed by atoms with Crippen molar-refractivity contribution in [1.82, 2.24) is 14.6 Å². The Morgan fingerprint density at radius 3 is 2.39 bits per heavy atom. The van der Waals surface area contributed by atoms with Gasteiger partial charge >= 0.3 is 0 Å². The van der Waals surface area contributed by atoms with Gasteiger partial charge in [-0.15, -0.1) is 0 Å². The molecule has 0 radical (unpaired) electrons. The van der Waals surface area contributed by atoms with Crippen LogP contribution in [0.2, 0.25) is 5.02 Å². The highest BCUT2D eigenvalue weighted by atomic mass is 35.5. The number of halogens is 1. The number of fused-ring (bicyclic) bond motifs is 1. The molecule has 2 aliphatic carbocycles. The SMILES string of the molecule is CCC[C@H](CC(=O)[C@@H]1C[C@@H](Oc2ccc(Cl)cn2)CN1C(=O)[C@@H](CC(=O)[C@@H](N=C1NS(=O)(=O)c2ccccc21)C1CCCCC1)C(C)(C)C)C(O)C(=O)CC1CC1. The lowest BCUT2D eigenvalue weighted by Gasteiger charge is -2.36. The van der Waals surface area contributed by atoms with Crippen LogP contribution in [0.1, 0.15) is 117 Å². The number of aromatic nitrogens is 1. The Balaban J connectivity index is 1.28. The first-order valence-electron chi connectivity index (χ1n) is 20.6. The number of carbonyl (C=O) groups excluding carboxylic acids is 4. The number of amides is 1. The molecule has 2 N–H and O–H groups in total. The molecule has 1 unspecified atom stereocenters. The molecule has 6 rings (SSSR count). The lowest BCUT2D eigenvalue weighted by molar-refractivity contribution is -0.146. The van der Waals surface area contributed by atoms with Crippen LogP contribution in [0.15, 0.2) is 52.5 Å². The average molecular weight is 825 g/mol. The van der Waals surface area contributed by atoms with E-state index >= 15 is 0 Å². The number of rotatable bonds is 17. The number of sulfonamides is 1. The van der Waals surface area contributed by atoms with Crippen LogP contribution in [0.5, 0.6) is 5.88 Å². The molecular weight excluding hydrogens is 768 g/mol. The number of ether oxygens (including phenoxy) is 1. The number of aliphatic hydroxyl groups is 1. The standard InChI is InChI=1S/C43H57ClN4O8S/c1-5-11-28(40(52)36(51)20-26-16-17-26)21-34(49)33-22-30(56-38-19-18-29(44)24-45-38)25-48(33)42(53)32(43(2,3)4)23-35(50)39(27-12-7-6-8-13-27)46-41-31-14-9-10-15-37(31)57(54,55)47-41/h9-10,14-15,18-19,24,26-28,30,32-33,39-40,52H,5-8,11-13,16-17,20-23,25H2,1-4H3,(H,46,47)/t28-,30-,32-,33+,39+,40?/m1/s1. The van der Waals surface area contributed by atoms with E-state index in [1.165, 1.54) is 17.2 Å². The Labute approximate surface area is 341 Å². The predicted molar refractivity (Wildman–Crippen MR) is 216 cm³/mol. The van der Waals surface area contributed by atoms with Crippen molar-refractivity contribution in [2.45, 2.75) is 140 Å². The number of pyridine rings is 1. The number of likely N-dealkylation sites (tertiary alicyclic amines) is 1. The number of Topliss-reactive ketones (excluding diaryl/α,β-unsaturated/α-hetero) is 3. The number of carbonyl (C=O) groups is 4. The van der Waals surface area contributed by atoms with Crippen LogP contribution in [0.4, 0.5) is 0 Å². The first-order valence-corrected chi connectivity index (χ1v) is 22.5. The van der Waals surface area contributed by atoms with Gasteiger partial charge in [-0.3, -0.25) is 28.9 Å². The predicted octanol–water partition coefficient (Wildman–Crippen LogP) is 6.50. The first-order chi connectivity index (χ1) is 27.0. The Kier molecular flexibility index (Phi) is 13.6. The summed E-state index contributed by atoms with van der Waals surface area (Å²) >= 11 is 6.06. The smallest absolute Gasteiger partial charge is 0.263 e. The van der Waals surface area contributed by atoms with E-state index in [1.807, 2.05) is 27.7 Å². The fourth-order valence-electron chi connectivity index (χ4n) is 8.71. The Bertz CT molecular complexity index is 1940. The van der Waals surface area contributed by atoms with Gasteiger partial charge in [0.2, 0.25) is 11.8 Å². The van der Waals surface area contributed by atoms with Gasteiger partial charge in [-0.2, -0.15) is 0 Å². The number of hydrogen-bond acceptors (Lipinski definition) is 10. The van der Waals surface area contributed by atoms with Gasteiger partial charge in [-0.25, -0.2) is 13.4 Å². The van der Waals surface area contributed by atoms with Crippen molar-refractivity contribution in [3.05, 3.63) is 53.2 Å². The van der Waals surface area contributed by atoms with E-state index in [2.05, 4.69) is 9.71 Å². The number of amidine groups is 1. The summed E-state index contributed by atoms with van der Waals surface area (Å²) in [4.78, 5) is 67.7. The van der Waals surface area contributed by atoms with Crippen LogP contribution in [-0.4, -0.2) is 83.3 Å². The van der Waals surface area contributed by atoms with Crippen molar-refractivity contribution in [2.75, 3.05) is 6.54 Å². The Morgan fingerprint density at radius 2 is 1.74 bits per heavy atom. The molecule has 1 aromatic carbocycles. The third-order valence-corrected chi connectivity index (χ3v) is 13.7. The van der Waals surface area contributed by atoms with Gasteiger partial charge in [-0.05, 0) is 73.5 Å².